The van der Waals surface area contributed by atoms with Crippen molar-refractivity contribution in [1.29, 1.82) is 0 Å². The van der Waals surface area contributed by atoms with E-state index >= 15 is 0 Å². The fourth-order valence-corrected chi connectivity index (χ4v) is 4.10. The van der Waals surface area contributed by atoms with E-state index in [0.29, 0.717) is 18.7 Å². The molecule has 29 heavy (non-hydrogen) atoms. The van der Waals surface area contributed by atoms with Crippen LogP contribution in [-0.4, -0.2) is 53.0 Å². The van der Waals surface area contributed by atoms with Gasteiger partial charge in [0.05, 0.1) is 6.42 Å². The van der Waals surface area contributed by atoms with Crippen LogP contribution in [0.25, 0.3) is 10.9 Å². The normalized spacial score (nSPS) is 14.4. The van der Waals surface area contributed by atoms with Gasteiger partial charge >= 0.3 is 5.97 Å². The Bertz CT molecular complexity index is 1080. The standard InChI is InChI=1S/C23H25N3O3/c1-15-6-5-9-20(16(15)2)25-10-12-26(13-11-25)21(27)14-18-17-7-3-4-8-19(17)24-22(18)23(28)29/h3-9,24H,10-14H2,1-2H3,(H,28,29). The lowest BCUT2D eigenvalue weighted by molar-refractivity contribution is -0.130. The lowest BCUT2D eigenvalue weighted by atomic mass is 10.1. The molecule has 0 aliphatic carbocycles. The van der Waals surface area contributed by atoms with Crippen LogP contribution in [-0.2, 0) is 11.2 Å². The van der Waals surface area contributed by atoms with Crippen molar-refractivity contribution in [1.82, 2.24) is 9.88 Å². The number of benzene rings is 2. The van der Waals surface area contributed by atoms with Gasteiger partial charge in [0.15, 0.2) is 0 Å². The van der Waals surface area contributed by atoms with Crippen molar-refractivity contribution in [3.8, 4) is 0 Å². The highest BCUT2D eigenvalue weighted by Gasteiger charge is 2.25. The van der Waals surface area contributed by atoms with E-state index in [9.17, 15) is 14.7 Å². The van der Waals surface area contributed by atoms with Gasteiger partial charge in [-0.3, -0.25) is 4.79 Å². The summed E-state index contributed by atoms with van der Waals surface area (Å²) in [6.07, 6.45) is 0.0924. The molecule has 150 valence electrons. The fourth-order valence-electron chi connectivity index (χ4n) is 4.10. The minimum absolute atomic E-state index is 0.0298. The van der Waals surface area contributed by atoms with E-state index in [2.05, 4.69) is 41.9 Å². The number of carbonyl (C=O) groups excluding carboxylic acids is 1. The lowest BCUT2D eigenvalue weighted by Gasteiger charge is -2.37. The third-order valence-corrected chi connectivity index (χ3v) is 5.90. The minimum atomic E-state index is -1.04. The number of nitrogens with one attached hydrogen (secondary N) is 1. The molecular formula is C23H25N3O3. The van der Waals surface area contributed by atoms with Crippen LogP contribution in [0.15, 0.2) is 42.5 Å². The summed E-state index contributed by atoms with van der Waals surface area (Å²) in [6.45, 7) is 7.06. The fraction of sp³-hybridized carbons (Fsp3) is 0.304. The number of para-hydroxylation sites is 1. The number of hydrogen-bond acceptors (Lipinski definition) is 3. The number of nitrogens with zero attached hydrogens (tertiary/aromatic N) is 2. The Kier molecular flexibility index (Phi) is 5.01. The zero-order valence-corrected chi connectivity index (χ0v) is 16.7. The van der Waals surface area contributed by atoms with Gasteiger partial charge in [0.1, 0.15) is 5.69 Å². The Balaban J connectivity index is 1.49. The second-order valence-corrected chi connectivity index (χ2v) is 7.59. The average Bonchev–Trinajstić information content (AvgIpc) is 3.09. The molecule has 4 rings (SSSR count). The van der Waals surface area contributed by atoms with Crippen LogP contribution in [0.2, 0.25) is 0 Å². The number of aromatic amines is 1. The van der Waals surface area contributed by atoms with Crippen LogP contribution in [0.4, 0.5) is 5.69 Å². The molecule has 1 aliphatic heterocycles. The van der Waals surface area contributed by atoms with Gasteiger partial charge in [-0.05, 0) is 37.1 Å². The molecule has 1 aromatic heterocycles. The van der Waals surface area contributed by atoms with Gasteiger partial charge in [0.25, 0.3) is 0 Å². The second-order valence-electron chi connectivity index (χ2n) is 7.59. The smallest absolute Gasteiger partial charge is 0.352 e. The SMILES string of the molecule is Cc1cccc(N2CCN(C(=O)Cc3c(C(=O)O)[nH]c4ccccc34)CC2)c1C. The molecule has 2 N–H and O–H groups in total. The van der Waals surface area contributed by atoms with Crippen LogP contribution in [0.3, 0.4) is 0 Å². The van der Waals surface area contributed by atoms with Crippen molar-refractivity contribution >= 4 is 28.5 Å². The highest BCUT2D eigenvalue weighted by Crippen LogP contribution is 2.26. The van der Waals surface area contributed by atoms with E-state index in [0.717, 1.165) is 24.0 Å². The van der Waals surface area contributed by atoms with Crippen molar-refractivity contribution in [2.45, 2.75) is 20.3 Å². The number of aryl methyl sites for hydroxylation is 1. The molecule has 1 saturated heterocycles. The molecular weight excluding hydrogens is 366 g/mol. The predicted molar refractivity (Wildman–Crippen MR) is 114 cm³/mol. The Morgan fingerprint density at radius 1 is 1.00 bits per heavy atom. The number of carboxylic acids is 1. The first kappa shape index (κ1) is 19.1. The number of fused-ring (bicyclic) bond motifs is 1. The third-order valence-electron chi connectivity index (χ3n) is 5.90. The van der Waals surface area contributed by atoms with Crippen molar-refractivity contribution in [3.63, 3.8) is 0 Å². The van der Waals surface area contributed by atoms with E-state index in [-0.39, 0.29) is 18.0 Å². The molecule has 1 amide bonds. The summed E-state index contributed by atoms with van der Waals surface area (Å²) >= 11 is 0. The number of hydrogen-bond donors (Lipinski definition) is 2. The summed E-state index contributed by atoms with van der Waals surface area (Å²) in [6, 6.07) is 13.7. The molecule has 3 aromatic rings. The number of amides is 1. The molecule has 0 saturated carbocycles. The largest absolute Gasteiger partial charge is 0.477 e. The number of piperazine rings is 1. The first-order chi connectivity index (χ1) is 14.0. The summed E-state index contributed by atoms with van der Waals surface area (Å²) < 4.78 is 0. The Labute approximate surface area is 169 Å². The number of aromatic carboxylic acids is 1. The van der Waals surface area contributed by atoms with E-state index in [1.165, 1.54) is 16.8 Å². The Morgan fingerprint density at radius 2 is 1.72 bits per heavy atom. The maximum Gasteiger partial charge on any atom is 0.352 e. The van der Waals surface area contributed by atoms with Gasteiger partial charge in [-0.15, -0.1) is 0 Å². The van der Waals surface area contributed by atoms with Gasteiger partial charge in [0.2, 0.25) is 5.91 Å². The van der Waals surface area contributed by atoms with Gasteiger partial charge in [-0.2, -0.15) is 0 Å². The molecule has 0 bridgehead atoms. The highest BCUT2D eigenvalue weighted by atomic mass is 16.4. The molecule has 1 fully saturated rings. The van der Waals surface area contributed by atoms with Gasteiger partial charge < -0.3 is 19.9 Å². The summed E-state index contributed by atoms with van der Waals surface area (Å²) in [5.74, 6) is -1.07. The van der Waals surface area contributed by atoms with E-state index in [4.69, 9.17) is 0 Å². The Hall–Kier alpha value is -3.28. The topological polar surface area (TPSA) is 76.6 Å². The van der Waals surface area contributed by atoms with Gasteiger partial charge in [-0.1, -0.05) is 30.3 Å². The van der Waals surface area contributed by atoms with Crippen LogP contribution in [0, 0.1) is 13.8 Å². The number of aromatic nitrogens is 1. The number of carboxylic acid groups (broad SMARTS) is 1. The number of rotatable bonds is 4. The van der Waals surface area contributed by atoms with Crippen LogP contribution in [0.5, 0.6) is 0 Å². The maximum absolute atomic E-state index is 12.9. The lowest BCUT2D eigenvalue weighted by Crippen LogP contribution is -2.49. The van der Waals surface area contributed by atoms with E-state index in [1.807, 2.05) is 29.2 Å². The zero-order valence-electron chi connectivity index (χ0n) is 16.7. The Morgan fingerprint density at radius 3 is 2.45 bits per heavy atom. The molecule has 0 spiro atoms. The molecule has 0 atom stereocenters. The average molecular weight is 391 g/mol. The summed E-state index contributed by atoms with van der Waals surface area (Å²) in [4.78, 5) is 31.7. The zero-order chi connectivity index (χ0) is 20.5. The molecule has 0 unspecified atom stereocenters. The van der Waals surface area contributed by atoms with Crippen LogP contribution >= 0.6 is 0 Å². The molecule has 0 radical (unpaired) electrons. The first-order valence-corrected chi connectivity index (χ1v) is 9.87. The van der Waals surface area contributed by atoms with Gasteiger partial charge in [-0.25, -0.2) is 4.79 Å². The van der Waals surface area contributed by atoms with Crippen molar-refractivity contribution in [3.05, 3.63) is 64.8 Å². The van der Waals surface area contributed by atoms with Crippen molar-refractivity contribution < 1.29 is 14.7 Å². The first-order valence-electron chi connectivity index (χ1n) is 9.87. The molecule has 6 heteroatoms. The number of carbonyl (C=O) groups is 2. The van der Waals surface area contributed by atoms with Crippen molar-refractivity contribution in [2.24, 2.45) is 0 Å². The molecule has 6 nitrogen and oxygen atoms in total. The predicted octanol–water partition coefficient (Wildman–Crippen LogP) is 3.37. The number of H-pyrrole nitrogens is 1. The summed E-state index contributed by atoms with van der Waals surface area (Å²) in [5.41, 5.74) is 5.18. The molecule has 1 aliphatic rings. The number of anilines is 1. The van der Waals surface area contributed by atoms with Gasteiger partial charge in [0, 0.05) is 48.3 Å². The van der Waals surface area contributed by atoms with E-state index < -0.39 is 5.97 Å². The van der Waals surface area contributed by atoms with E-state index in [1.54, 1.807) is 0 Å². The third kappa shape index (κ3) is 3.58. The van der Waals surface area contributed by atoms with Crippen LogP contribution in [0.1, 0.15) is 27.2 Å². The molecule has 2 heterocycles. The molecule has 2 aromatic carbocycles. The summed E-state index contributed by atoms with van der Waals surface area (Å²) in [7, 11) is 0. The highest BCUT2D eigenvalue weighted by molar-refractivity contribution is 6.00. The second kappa shape index (κ2) is 7.62. The monoisotopic (exact) mass is 391 g/mol. The van der Waals surface area contributed by atoms with Crippen molar-refractivity contribution in [2.75, 3.05) is 31.1 Å². The minimum Gasteiger partial charge on any atom is -0.477 e. The summed E-state index contributed by atoms with van der Waals surface area (Å²) in [5, 5.41) is 10.3. The van der Waals surface area contributed by atoms with Crippen LogP contribution < -0.4 is 4.90 Å². The maximum atomic E-state index is 12.9. The quantitative estimate of drug-likeness (QED) is 0.715.